The van der Waals surface area contributed by atoms with Crippen LogP contribution in [0.3, 0.4) is 0 Å². The van der Waals surface area contributed by atoms with Crippen LogP contribution in [0.2, 0.25) is 0 Å². The SMILES string of the molecule is O=C(Nc1ccc(-n2cncn2)nc1)[C@@H]1CCCN(c2ncccc2C(F)(F)F)C1. The first-order valence-corrected chi connectivity index (χ1v) is 9.31. The Bertz CT molecular complexity index is 1010. The number of aromatic nitrogens is 5. The Labute approximate surface area is 169 Å². The van der Waals surface area contributed by atoms with Gasteiger partial charge in [0, 0.05) is 19.3 Å². The maximum Gasteiger partial charge on any atom is 0.419 e. The molecule has 0 aliphatic carbocycles. The van der Waals surface area contributed by atoms with Gasteiger partial charge in [0.25, 0.3) is 0 Å². The predicted octanol–water partition coefficient (Wildman–Crippen LogP) is 2.93. The number of carbonyl (C=O) groups excluding carboxylic acids is 1. The molecule has 1 atom stereocenters. The van der Waals surface area contributed by atoms with Gasteiger partial charge in [-0.1, -0.05) is 0 Å². The molecule has 3 aromatic rings. The zero-order chi connectivity index (χ0) is 21.1. The van der Waals surface area contributed by atoms with E-state index in [0.717, 1.165) is 6.07 Å². The highest BCUT2D eigenvalue weighted by atomic mass is 19.4. The lowest BCUT2D eigenvalue weighted by Gasteiger charge is -2.34. The third-order valence-corrected chi connectivity index (χ3v) is 4.85. The highest BCUT2D eigenvalue weighted by molar-refractivity contribution is 5.93. The highest BCUT2D eigenvalue weighted by Crippen LogP contribution is 2.36. The van der Waals surface area contributed by atoms with E-state index >= 15 is 0 Å². The fraction of sp³-hybridized carbons (Fsp3) is 0.316. The second kappa shape index (κ2) is 8.09. The molecule has 1 amide bonds. The van der Waals surface area contributed by atoms with E-state index < -0.39 is 17.7 Å². The molecule has 0 bridgehead atoms. The second-order valence-electron chi connectivity index (χ2n) is 6.89. The summed E-state index contributed by atoms with van der Waals surface area (Å²) in [5, 5.41) is 6.76. The maximum absolute atomic E-state index is 13.3. The minimum Gasteiger partial charge on any atom is -0.355 e. The topological polar surface area (TPSA) is 88.8 Å². The average molecular weight is 417 g/mol. The van der Waals surface area contributed by atoms with Gasteiger partial charge in [-0.2, -0.15) is 18.3 Å². The smallest absolute Gasteiger partial charge is 0.355 e. The molecule has 0 aromatic carbocycles. The molecule has 1 fully saturated rings. The van der Waals surface area contributed by atoms with Gasteiger partial charge in [0.15, 0.2) is 5.82 Å². The van der Waals surface area contributed by atoms with Crippen LogP contribution in [0.1, 0.15) is 18.4 Å². The number of alkyl halides is 3. The van der Waals surface area contributed by atoms with Gasteiger partial charge in [-0.25, -0.2) is 19.6 Å². The number of amides is 1. The number of hydrogen-bond donors (Lipinski definition) is 1. The lowest BCUT2D eigenvalue weighted by molar-refractivity contribution is -0.137. The van der Waals surface area contributed by atoms with Gasteiger partial charge in [0.1, 0.15) is 18.5 Å². The van der Waals surface area contributed by atoms with Crippen LogP contribution in [-0.4, -0.2) is 43.7 Å². The van der Waals surface area contributed by atoms with Crippen LogP contribution in [-0.2, 0) is 11.0 Å². The van der Waals surface area contributed by atoms with Crippen molar-refractivity contribution >= 4 is 17.4 Å². The monoisotopic (exact) mass is 417 g/mol. The first kappa shape index (κ1) is 19.8. The summed E-state index contributed by atoms with van der Waals surface area (Å²) in [6.45, 7) is 0.578. The summed E-state index contributed by atoms with van der Waals surface area (Å²) >= 11 is 0. The van der Waals surface area contributed by atoms with Gasteiger partial charge in [-0.15, -0.1) is 0 Å². The molecule has 3 aromatic heterocycles. The van der Waals surface area contributed by atoms with Crippen LogP contribution >= 0.6 is 0 Å². The van der Waals surface area contributed by atoms with E-state index in [-0.39, 0.29) is 18.3 Å². The molecule has 4 heterocycles. The van der Waals surface area contributed by atoms with E-state index in [9.17, 15) is 18.0 Å². The summed E-state index contributed by atoms with van der Waals surface area (Å²) in [6.07, 6.45) is 2.39. The van der Waals surface area contributed by atoms with Crippen molar-refractivity contribution in [3.05, 3.63) is 54.9 Å². The van der Waals surface area contributed by atoms with Gasteiger partial charge in [-0.3, -0.25) is 4.79 Å². The van der Waals surface area contributed by atoms with Crippen molar-refractivity contribution in [2.24, 2.45) is 5.92 Å². The minimum absolute atomic E-state index is 0.138. The Balaban J connectivity index is 1.44. The van der Waals surface area contributed by atoms with Gasteiger partial charge >= 0.3 is 6.18 Å². The maximum atomic E-state index is 13.3. The molecule has 1 saturated heterocycles. The van der Waals surface area contributed by atoms with E-state index in [4.69, 9.17) is 0 Å². The molecule has 8 nitrogen and oxygen atoms in total. The van der Waals surface area contributed by atoms with Gasteiger partial charge in [0.05, 0.1) is 23.4 Å². The summed E-state index contributed by atoms with van der Waals surface area (Å²) in [6, 6.07) is 5.63. The quantitative estimate of drug-likeness (QED) is 0.702. The zero-order valence-electron chi connectivity index (χ0n) is 15.8. The molecule has 30 heavy (non-hydrogen) atoms. The molecule has 11 heteroatoms. The van der Waals surface area contributed by atoms with E-state index in [0.29, 0.717) is 30.9 Å². The van der Waals surface area contributed by atoms with Crippen LogP contribution in [0, 0.1) is 5.92 Å². The fourth-order valence-electron chi connectivity index (χ4n) is 3.42. The number of pyridine rings is 2. The summed E-state index contributed by atoms with van der Waals surface area (Å²) < 4.78 is 41.4. The number of piperidine rings is 1. The van der Waals surface area contributed by atoms with Crippen molar-refractivity contribution in [3.63, 3.8) is 0 Å². The lowest BCUT2D eigenvalue weighted by atomic mass is 9.96. The van der Waals surface area contributed by atoms with Gasteiger partial charge in [0.2, 0.25) is 5.91 Å². The summed E-state index contributed by atoms with van der Waals surface area (Å²) in [5.41, 5.74) is -0.297. The predicted molar refractivity (Wildman–Crippen MR) is 102 cm³/mol. The van der Waals surface area contributed by atoms with Crippen LogP contribution in [0.25, 0.3) is 5.82 Å². The van der Waals surface area contributed by atoms with Crippen molar-refractivity contribution in [1.82, 2.24) is 24.7 Å². The number of hydrogen-bond acceptors (Lipinski definition) is 6. The molecular weight excluding hydrogens is 399 g/mol. The molecule has 156 valence electrons. The van der Waals surface area contributed by atoms with Crippen LogP contribution in [0.15, 0.2) is 49.3 Å². The largest absolute Gasteiger partial charge is 0.419 e. The zero-order valence-corrected chi connectivity index (χ0v) is 15.8. The number of rotatable bonds is 4. The molecule has 0 radical (unpaired) electrons. The van der Waals surface area contributed by atoms with Crippen LogP contribution in [0.4, 0.5) is 24.7 Å². The van der Waals surface area contributed by atoms with E-state index in [1.165, 1.54) is 40.7 Å². The van der Waals surface area contributed by atoms with Crippen molar-refractivity contribution in [2.45, 2.75) is 19.0 Å². The van der Waals surface area contributed by atoms with Crippen molar-refractivity contribution in [1.29, 1.82) is 0 Å². The van der Waals surface area contributed by atoms with Crippen molar-refractivity contribution in [3.8, 4) is 5.82 Å². The van der Waals surface area contributed by atoms with E-state index in [1.807, 2.05) is 0 Å². The molecule has 1 aliphatic heterocycles. The van der Waals surface area contributed by atoms with E-state index in [2.05, 4.69) is 25.4 Å². The molecule has 1 N–H and O–H groups in total. The number of anilines is 2. The van der Waals surface area contributed by atoms with Crippen LogP contribution < -0.4 is 10.2 Å². The molecule has 0 saturated carbocycles. The van der Waals surface area contributed by atoms with Gasteiger partial charge < -0.3 is 10.2 Å². The Morgan fingerprint density at radius 3 is 2.77 bits per heavy atom. The van der Waals surface area contributed by atoms with Crippen molar-refractivity contribution in [2.75, 3.05) is 23.3 Å². The Kier molecular flexibility index (Phi) is 5.34. The van der Waals surface area contributed by atoms with Crippen molar-refractivity contribution < 1.29 is 18.0 Å². The second-order valence-corrected chi connectivity index (χ2v) is 6.89. The summed E-state index contributed by atoms with van der Waals surface area (Å²) in [5.74, 6) is -0.318. The molecule has 0 unspecified atom stereocenters. The van der Waals surface area contributed by atoms with Gasteiger partial charge in [-0.05, 0) is 37.1 Å². The average Bonchev–Trinajstić information content (AvgIpc) is 3.29. The number of halogens is 3. The number of carbonyl (C=O) groups is 1. The fourth-order valence-corrected chi connectivity index (χ4v) is 3.42. The first-order valence-electron chi connectivity index (χ1n) is 9.31. The Hall–Kier alpha value is -3.50. The standard InChI is InChI=1S/C19H18F3N7O/c20-19(21,22)15-4-1-7-24-17(15)28-8-2-3-13(10-28)18(30)27-14-5-6-16(25-9-14)29-12-23-11-26-29/h1,4-7,9,11-13H,2-3,8,10H2,(H,27,30)/t13-/m1/s1. The molecular formula is C19H18F3N7O. The normalized spacial score (nSPS) is 17.0. The number of nitrogens with zero attached hydrogens (tertiary/aromatic N) is 6. The third kappa shape index (κ3) is 4.24. The molecule has 0 spiro atoms. The first-order chi connectivity index (χ1) is 14.4. The van der Waals surface area contributed by atoms with Crippen LogP contribution in [0.5, 0.6) is 0 Å². The minimum atomic E-state index is -4.50. The third-order valence-electron chi connectivity index (χ3n) is 4.85. The highest BCUT2D eigenvalue weighted by Gasteiger charge is 2.37. The lowest BCUT2D eigenvalue weighted by Crippen LogP contribution is -2.42. The summed E-state index contributed by atoms with van der Waals surface area (Å²) in [4.78, 5) is 26.2. The van der Waals surface area contributed by atoms with E-state index in [1.54, 1.807) is 12.1 Å². The molecule has 1 aliphatic rings. The summed E-state index contributed by atoms with van der Waals surface area (Å²) in [7, 11) is 0. The Morgan fingerprint density at radius 2 is 2.07 bits per heavy atom. The molecule has 4 rings (SSSR count). The Morgan fingerprint density at radius 1 is 1.20 bits per heavy atom. The number of nitrogens with one attached hydrogen (secondary N) is 1.